The minimum absolute atomic E-state index is 0.0150. The molecule has 0 fully saturated rings. The summed E-state index contributed by atoms with van der Waals surface area (Å²) in [6, 6.07) is 5.30. The zero-order valence-corrected chi connectivity index (χ0v) is 13.4. The van der Waals surface area contributed by atoms with Gasteiger partial charge in [-0.1, -0.05) is 20.8 Å². The van der Waals surface area contributed by atoms with E-state index < -0.39 is 0 Å². The van der Waals surface area contributed by atoms with E-state index in [4.69, 9.17) is 0 Å². The standard InChI is InChI=1S/C15H21N3O2S/c1-4-15(2,3)9-16-14(20)17-10-5-6-12-11(7-10)18-13(19)8-21-12/h5-7H,4,8-9H2,1-3H3,(H,18,19)(H2,16,17,20). The SMILES string of the molecule is CCC(C)(C)CNC(=O)Nc1ccc2c(c1)NC(=O)CS2. The van der Waals surface area contributed by atoms with Crippen LogP contribution in [0, 0.1) is 5.41 Å². The Bertz CT molecular complexity index is 558. The van der Waals surface area contributed by atoms with Crippen LogP contribution >= 0.6 is 11.8 Å². The maximum absolute atomic E-state index is 11.9. The van der Waals surface area contributed by atoms with Crippen LogP contribution in [0.25, 0.3) is 0 Å². The van der Waals surface area contributed by atoms with Crippen molar-refractivity contribution in [3.63, 3.8) is 0 Å². The number of urea groups is 1. The number of hydrogen-bond acceptors (Lipinski definition) is 3. The molecule has 0 aliphatic carbocycles. The first kappa shape index (κ1) is 15.7. The van der Waals surface area contributed by atoms with Crippen molar-refractivity contribution in [2.24, 2.45) is 5.41 Å². The minimum atomic E-state index is -0.230. The number of carbonyl (C=O) groups is 2. The van der Waals surface area contributed by atoms with Gasteiger partial charge in [-0.05, 0) is 30.0 Å². The number of nitrogens with one attached hydrogen (secondary N) is 3. The molecule has 1 aromatic rings. The van der Waals surface area contributed by atoms with E-state index >= 15 is 0 Å². The molecule has 3 N–H and O–H groups in total. The predicted molar refractivity (Wildman–Crippen MR) is 86.9 cm³/mol. The Morgan fingerprint density at radius 3 is 2.90 bits per heavy atom. The van der Waals surface area contributed by atoms with Crippen LogP contribution in [0.3, 0.4) is 0 Å². The molecule has 114 valence electrons. The largest absolute Gasteiger partial charge is 0.337 e. The Balaban J connectivity index is 1.95. The van der Waals surface area contributed by atoms with Gasteiger partial charge in [0.1, 0.15) is 0 Å². The molecule has 21 heavy (non-hydrogen) atoms. The maximum Gasteiger partial charge on any atom is 0.319 e. The van der Waals surface area contributed by atoms with Gasteiger partial charge < -0.3 is 16.0 Å². The average Bonchev–Trinajstić information content (AvgIpc) is 2.45. The van der Waals surface area contributed by atoms with Gasteiger partial charge in [0, 0.05) is 17.1 Å². The van der Waals surface area contributed by atoms with E-state index in [2.05, 4.69) is 36.7 Å². The molecule has 2 rings (SSSR count). The number of anilines is 2. The Kier molecular flexibility index (Phi) is 4.77. The van der Waals surface area contributed by atoms with Gasteiger partial charge in [-0.15, -0.1) is 11.8 Å². The van der Waals surface area contributed by atoms with E-state index in [9.17, 15) is 9.59 Å². The summed E-state index contributed by atoms with van der Waals surface area (Å²) in [6.45, 7) is 6.94. The van der Waals surface area contributed by atoms with Crippen molar-refractivity contribution in [1.82, 2.24) is 5.32 Å². The highest BCUT2D eigenvalue weighted by Crippen LogP contribution is 2.33. The molecule has 1 aromatic carbocycles. The fourth-order valence-electron chi connectivity index (χ4n) is 1.78. The summed E-state index contributed by atoms with van der Waals surface area (Å²) in [7, 11) is 0. The van der Waals surface area contributed by atoms with Crippen molar-refractivity contribution in [3.05, 3.63) is 18.2 Å². The number of benzene rings is 1. The van der Waals surface area contributed by atoms with E-state index in [1.54, 1.807) is 6.07 Å². The van der Waals surface area contributed by atoms with Crippen LogP contribution in [0.1, 0.15) is 27.2 Å². The van der Waals surface area contributed by atoms with Crippen LogP contribution in [0.5, 0.6) is 0 Å². The van der Waals surface area contributed by atoms with Crippen molar-refractivity contribution in [2.75, 3.05) is 22.9 Å². The molecule has 6 heteroatoms. The van der Waals surface area contributed by atoms with Gasteiger partial charge in [-0.25, -0.2) is 4.79 Å². The van der Waals surface area contributed by atoms with Gasteiger partial charge in [-0.3, -0.25) is 4.79 Å². The van der Waals surface area contributed by atoms with E-state index in [1.165, 1.54) is 11.8 Å². The Labute approximate surface area is 129 Å². The van der Waals surface area contributed by atoms with Crippen molar-refractivity contribution >= 4 is 35.1 Å². The lowest BCUT2D eigenvalue weighted by atomic mass is 9.90. The first-order valence-corrected chi connectivity index (χ1v) is 8.00. The van der Waals surface area contributed by atoms with Gasteiger partial charge in [-0.2, -0.15) is 0 Å². The smallest absolute Gasteiger partial charge is 0.319 e. The first-order chi connectivity index (χ1) is 9.89. The second kappa shape index (κ2) is 6.39. The molecule has 0 spiro atoms. The van der Waals surface area contributed by atoms with E-state index in [1.807, 2.05) is 12.1 Å². The van der Waals surface area contributed by atoms with Crippen LogP contribution in [0.2, 0.25) is 0 Å². The van der Waals surface area contributed by atoms with Crippen LogP contribution in [0.4, 0.5) is 16.2 Å². The summed E-state index contributed by atoms with van der Waals surface area (Å²) in [5.41, 5.74) is 1.50. The minimum Gasteiger partial charge on any atom is -0.337 e. The van der Waals surface area contributed by atoms with Gasteiger partial charge in [0.15, 0.2) is 0 Å². The van der Waals surface area contributed by atoms with Crippen LogP contribution in [-0.2, 0) is 4.79 Å². The monoisotopic (exact) mass is 307 g/mol. The highest BCUT2D eigenvalue weighted by molar-refractivity contribution is 8.00. The number of rotatable bonds is 4. The van der Waals surface area contributed by atoms with Gasteiger partial charge in [0.2, 0.25) is 5.91 Å². The summed E-state index contributed by atoms with van der Waals surface area (Å²) in [6.07, 6.45) is 0.995. The summed E-state index contributed by atoms with van der Waals surface area (Å²) in [4.78, 5) is 24.3. The number of amides is 3. The molecule has 0 radical (unpaired) electrons. The predicted octanol–water partition coefficient (Wildman–Crippen LogP) is 3.29. The van der Waals surface area contributed by atoms with E-state index in [0.717, 1.165) is 17.0 Å². The topological polar surface area (TPSA) is 70.2 Å². The molecule has 1 heterocycles. The third kappa shape index (κ3) is 4.39. The average molecular weight is 307 g/mol. The third-order valence-corrected chi connectivity index (χ3v) is 4.63. The molecule has 1 aliphatic rings. The molecule has 0 saturated heterocycles. The van der Waals surface area contributed by atoms with Crippen molar-refractivity contribution in [2.45, 2.75) is 32.1 Å². The van der Waals surface area contributed by atoms with Crippen LogP contribution < -0.4 is 16.0 Å². The lowest BCUT2D eigenvalue weighted by molar-refractivity contribution is -0.113. The van der Waals surface area contributed by atoms with Crippen molar-refractivity contribution in [1.29, 1.82) is 0 Å². The fraction of sp³-hybridized carbons (Fsp3) is 0.467. The van der Waals surface area contributed by atoms with Crippen LogP contribution in [0.15, 0.2) is 23.1 Å². The summed E-state index contributed by atoms with van der Waals surface area (Å²) < 4.78 is 0. The molecule has 0 aromatic heterocycles. The van der Waals surface area contributed by atoms with Crippen molar-refractivity contribution in [3.8, 4) is 0 Å². The fourth-order valence-corrected chi connectivity index (χ4v) is 2.57. The van der Waals surface area contributed by atoms with Crippen molar-refractivity contribution < 1.29 is 9.59 Å². The molecule has 5 nitrogen and oxygen atoms in total. The number of fused-ring (bicyclic) bond motifs is 1. The zero-order valence-electron chi connectivity index (χ0n) is 12.6. The number of carbonyl (C=O) groups excluding carboxylic acids is 2. The maximum atomic E-state index is 11.9. The van der Waals surface area contributed by atoms with Gasteiger partial charge in [0.25, 0.3) is 0 Å². The summed E-state index contributed by atoms with van der Waals surface area (Å²) in [5, 5.41) is 8.47. The number of hydrogen-bond donors (Lipinski definition) is 3. The molecular formula is C15H21N3O2S. The normalized spacial score (nSPS) is 14.1. The second-order valence-corrected chi connectivity index (χ2v) is 6.89. The molecule has 0 atom stereocenters. The van der Waals surface area contributed by atoms with E-state index in [0.29, 0.717) is 18.0 Å². The van der Waals surface area contributed by atoms with E-state index in [-0.39, 0.29) is 17.4 Å². The zero-order chi connectivity index (χ0) is 15.5. The lowest BCUT2D eigenvalue weighted by Crippen LogP contribution is -2.36. The summed E-state index contributed by atoms with van der Waals surface area (Å²) in [5.74, 6) is 0.422. The Morgan fingerprint density at radius 2 is 2.19 bits per heavy atom. The quantitative estimate of drug-likeness (QED) is 0.799. The Hall–Kier alpha value is -1.69. The molecule has 0 bridgehead atoms. The summed E-state index contributed by atoms with van der Waals surface area (Å²) >= 11 is 1.50. The van der Waals surface area contributed by atoms with Crippen LogP contribution in [-0.4, -0.2) is 24.2 Å². The Morgan fingerprint density at radius 1 is 1.43 bits per heavy atom. The molecule has 3 amide bonds. The third-order valence-electron chi connectivity index (χ3n) is 3.55. The molecular weight excluding hydrogens is 286 g/mol. The highest BCUT2D eigenvalue weighted by atomic mass is 32.2. The van der Waals surface area contributed by atoms with Gasteiger partial charge in [0.05, 0.1) is 11.4 Å². The molecule has 1 aliphatic heterocycles. The molecule has 0 saturated carbocycles. The lowest BCUT2D eigenvalue weighted by Gasteiger charge is -2.23. The second-order valence-electron chi connectivity index (χ2n) is 5.87. The highest BCUT2D eigenvalue weighted by Gasteiger charge is 2.17. The molecule has 0 unspecified atom stereocenters. The first-order valence-electron chi connectivity index (χ1n) is 7.01. The van der Waals surface area contributed by atoms with Gasteiger partial charge >= 0.3 is 6.03 Å². The number of thioether (sulfide) groups is 1.